The largest absolute Gasteiger partial charge is 0.497 e. The number of rotatable bonds is 7. The van der Waals surface area contributed by atoms with E-state index in [0.717, 1.165) is 5.56 Å². The molecule has 1 saturated heterocycles. The van der Waals surface area contributed by atoms with E-state index in [1.54, 1.807) is 38.5 Å². The summed E-state index contributed by atoms with van der Waals surface area (Å²) in [5, 5.41) is 3.48. The Bertz CT molecular complexity index is 898. The van der Waals surface area contributed by atoms with Gasteiger partial charge in [-0.3, -0.25) is 14.5 Å². The number of nitrogens with zero attached hydrogens (tertiary/aromatic N) is 2. The third-order valence-electron chi connectivity index (χ3n) is 5.07. The standard InChI is InChI=1S/C22H26ClN3O4/c1-29-17-7-8-19(20(14-17)30-2)24-21(27)15-25-9-11-26(12-10-25)22(28)13-16-5-3-4-6-18(16)23/h3-8,14H,9-13,15H2,1-2H3,(H,24,27). The number of piperazine rings is 1. The SMILES string of the molecule is COc1ccc(NC(=O)CN2CCN(C(=O)Cc3ccccc3Cl)CC2)c(OC)c1. The molecule has 30 heavy (non-hydrogen) atoms. The van der Waals surface area contributed by atoms with Gasteiger partial charge in [-0.25, -0.2) is 0 Å². The van der Waals surface area contributed by atoms with E-state index in [1.165, 1.54) is 0 Å². The predicted octanol–water partition coefficient (Wildman–Crippen LogP) is 2.68. The minimum atomic E-state index is -0.130. The Morgan fingerprint density at radius 3 is 2.43 bits per heavy atom. The van der Waals surface area contributed by atoms with Gasteiger partial charge in [0.15, 0.2) is 0 Å². The number of anilines is 1. The molecule has 1 fully saturated rings. The second kappa shape index (κ2) is 10.3. The maximum Gasteiger partial charge on any atom is 0.238 e. The molecule has 7 nitrogen and oxygen atoms in total. The molecule has 0 saturated carbocycles. The monoisotopic (exact) mass is 431 g/mol. The molecule has 1 aliphatic heterocycles. The van der Waals surface area contributed by atoms with Crippen molar-refractivity contribution in [2.75, 3.05) is 52.3 Å². The lowest BCUT2D eigenvalue weighted by atomic mass is 10.1. The summed E-state index contributed by atoms with van der Waals surface area (Å²) in [5.41, 5.74) is 1.43. The van der Waals surface area contributed by atoms with E-state index in [-0.39, 0.29) is 24.8 Å². The van der Waals surface area contributed by atoms with Gasteiger partial charge < -0.3 is 19.7 Å². The van der Waals surface area contributed by atoms with Gasteiger partial charge >= 0.3 is 0 Å². The number of benzene rings is 2. The van der Waals surface area contributed by atoms with Crippen LogP contribution < -0.4 is 14.8 Å². The Morgan fingerprint density at radius 1 is 1.03 bits per heavy atom. The summed E-state index contributed by atoms with van der Waals surface area (Å²) in [5.74, 6) is 1.12. The fraction of sp³-hybridized carbons (Fsp3) is 0.364. The molecule has 0 aliphatic carbocycles. The van der Waals surface area contributed by atoms with Crippen LogP contribution >= 0.6 is 11.6 Å². The predicted molar refractivity (Wildman–Crippen MR) is 116 cm³/mol. The molecule has 0 unspecified atom stereocenters. The zero-order valence-electron chi connectivity index (χ0n) is 17.2. The van der Waals surface area contributed by atoms with Crippen LogP contribution in [0, 0.1) is 0 Å². The first kappa shape index (κ1) is 21.9. The highest BCUT2D eigenvalue weighted by atomic mass is 35.5. The molecule has 2 aromatic carbocycles. The minimum Gasteiger partial charge on any atom is -0.497 e. The molecule has 1 aliphatic rings. The molecule has 2 amide bonds. The van der Waals surface area contributed by atoms with Crippen LogP contribution in [0.15, 0.2) is 42.5 Å². The summed E-state index contributed by atoms with van der Waals surface area (Å²) in [4.78, 5) is 28.9. The van der Waals surface area contributed by atoms with Crippen molar-refractivity contribution in [3.63, 3.8) is 0 Å². The van der Waals surface area contributed by atoms with Gasteiger partial charge in [-0.05, 0) is 23.8 Å². The molecule has 0 radical (unpaired) electrons. The number of hydrogen-bond donors (Lipinski definition) is 1. The fourth-order valence-electron chi connectivity index (χ4n) is 3.37. The van der Waals surface area contributed by atoms with Gasteiger partial charge in [0, 0.05) is 37.3 Å². The second-order valence-corrected chi connectivity index (χ2v) is 7.45. The maximum absolute atomic E-state index is 12.6. The van der Waals surface area contributed by atoms with Crippen molar-refractivity contribution < 1.29 is 19.1 Å². The van der Waals surface area contributed by atoms with Crippen molar-refractivity contribution in [2.24, 2.45) is 0 Å². The highest BCUT2D eigenvalue weighted by molar-refractivity contribution is 6.31. The summed E-state index contributed by atoms with van der Waals surface area (Å²) in [6, 6.07) is 12.6. The maximum atomic E-state index is 12.6. The summed E-state index contributed by atoms with van der Waals surface area (Å²) >= 11 is 6.15. The average molecular weight is 432 g/mol. The van der Waals surface area contributed by atoms with E-state index in [9.17, 15) is 9.59 Å². The first-order valence-electron chi connectivity index (χ1n) is 9.75. The summed E-state index contributed by atoms with van der Waals surface area (Å²) in [6.45, 7) is 2.70. The Labute approximate surface area is 181 Å². The Balaban J connectivity index is 1.48. The molecule has 3 rings (SSSR count). The Hall–Kier alpha value is -2.77. The number of ether oxygens (including phenoxy) is 2. The summed E-state index contributed by atoms with van der Waals surface area (Å²) < 4.78 is 10.5. The number of carbonyl (C=O) groups excluding carboxylic acids is 2. The van der Waals surface area contributed by atoms with E-state index in [0.29, 0.717) is 48.4 Å². The van der Waals surface area contributed by atoms with E-state index in [1.807, 2.05) is 28.0 Å². The van der Waals surface area contributed by atoms with Crippen LogP contribution in [0.1, 0.15) is 5.56 Å². The summed E-state index contributed by atoms with van der Waals surface area (Å²) in [7, 11) is 3.12. The topological polar surface area (TPSA) is 71.1 Å². The van der Waals surface area contributed by atoms with E-state index >= 15 is 0 Å². The third-order valence-corrected chi connectivity index (χ3v) is 5.44. The molecular formula is C22H26ClN3O4. The lowest BCUT2D eigenvalue weighted by Gasteiger charge is -2.34. The average Bonchev–Trinajstić information content (AvgIpc) is 2.76. The van der Waals surface area contributed by atoms with E-state index < -0.39 is 0 Å². The summed E-state index contributed by atoms with van der Waals surface area (Å²) in [6.07, 6.45) is 0.289. The van der Waals surface area contributed by atoms with Crippen LogP contribution in [0.4, 0.5) is 5.69 Å². The molecule has 8 heteroatoms. The van der Waals surface area contributed by atoms with Gasteiger partial charge in [-0.1, -0.05) is 29.8 Å². The molecule has 1 heterocycles. The smallest absolute Gasteiger partial charge is 0.238 e. The van der Waals surface area contributed by atoms with Gasteiger partial charge in [0.2, 0.25) is 11.8 Å². The minimum absolute atomic E-state index is 0.0511. The first-order chi connectivity index (χ1) is 14.5. The lowest BCUT2D eigenvalue weighted by molar-refractivity contribution is -0.132. The zero-order valence-corrected chi connectivity index (χ0v) is 17.9. The zero-order chi connectivity index (χ0) is 21.5. The number of carbonyl (C=O) groups is 2. The molecule has 0 spiro atoms. The van der Waals surface area contributed by atoms with Crippen molar-refractivity contribution >= 4 is 29.1 Å². The molecule has 0 atom stereocenters. The van der Waals surface area contributed by atoms with Crippen molar-refractivity contribution in [3.8, 4) is 11.5 Å². The Kier molecular flexibility index (Phi) is 7.54. The number of halogens is 1. The second-order valence-electron chi connectivity index (χ2n) is 7.04. The van der Waals surface area contributed by atoms with Crippen LogP contribution in [0.3, 0.4) is 0 Å². The van der Waals surface area contributed by atoms with Crippen LogP contribution in [-0.2, 0) is 16.0 Å². The normalized spacial score (nSPS) is 14.3. The Morgan fingerprint density at radius 2 is 1.77 bits per heavy atom. The number of amides is 2. The number of methoxy groups -OCH3 is 2. The van der Waals surface area contributed by atoms with Gasteiger partial charge in [0.25, 0.3) is 0 Å². The number of nitrogens with one attached hydrogen (secondary N) is 1. The third kappa shape index (κ3) is 5.64. The lowest BCUT2D eigenvalue weighted by Crippen LogP contribution is -2.50. The van der Waals surface area contributed by atoms with Gasteiger partial charge in [-0.2, -0.15) is 0 Å². The molecular weight excluding hydrogens is 406 g/mol. The molecule has 160 valence electrons. The van der Waals surface area contributed by atoms with Crippen LogP contribution in [0.25, 0.3) is 0 Å². The highest BCUT2D eigenvalue weighted by Crippen LogP contribution is 2.29. The van der Waals surface area contributed by atoms with Crippen molar-refractivity contribution in [1.29, 1.82) is 0 Å². The molecule has 1 N–H and O–H groups in total. The van der Waals surface area contributed by atoms with E-state index in [2.05, 4.69) is 5.32 Å². The molecule has 0 bridgehead atoms. The van der Waals surface area contributed by atoms with Crippen LogP contribution in [-0.4, -0.2) is 68.6 Å². The molecule has 0 aromatic heterocycles. The van der Waals surface area contributed by atoms with Crippen molar-refractivity contribution in [2.45, 2.75) is 6.42 Å². The van der Waals surface area contributed by atoms with Crippen molar-refractivity contribution in [1.82, 2.24) is 9.80 Å². The van der Waals surface area contributed by atoms with Crippen molar-refractivity contribution in [3.05, 3.63) is 53.1 Å². The number of hydrogen-bond acceptors (Lipinski definition) is 5. The van der Waals surface area contributed by atoms with Gasteiger partial charge in [0.1, 0.15) is 11.5 Å². The fourth-order valence-corrected chi connectivity index (χ4v) is 3.57. The van der Waals surface area contributed by atoms with Gasteiger partial charge in [-0.15, -0.1) is 0 Å². The van der Waals surface area contributed by atoms with E-state index in [4.69, 9.17) is 21.1 Å². The van der Waals surface area contributed by atoms with Crippen LogP contribution in [0.5, 0.6) is 11.5 Å². The molecule has 2 aromatic rings. The first-order valence-corrected chi connectivity index (χ1v) is 10.1. The highest BCUT2D eigenvalue weighted by Gasteiger charge is 2.23. The van der Waals surface area contributed by atoms with Crippen LogP contribution in [0.2, 0.25) is 5.02 Å². The van der Waals surface area contributed by atoms with Gasteiger partial charge in [0.05, 0.1) is 32.9 Å². The quantitative estimate of drug-likeness (QED) is 0.729.